The van der Waals surface area contributed by atoms with Crippen molar-refractivity contribution in [3.05, 3.63) is 0 Å². The highest BCUT2D eigenvalue weighted by atomic mass is 35.5. The molecular weight excluding hydrogens is 166 g/mol. The maximum Gasteiger partial charge on any atom is 0.319 e. The molecule has 68 valence electrons. The topological polar surface area (TPSA) is 38.3 Å². The van der Waals surface area contributed by atoms with Gasteiger partial charge in [-0.05, 0) is 6.92 Å². The Balaban J connectivity index is 0. The number of esters is 1. The van der Waals surface area contributed by atoms with Gasteiger partial charge >= 0.3 is 5.97 Å². The van der Waals surface area contributed by atoms with Crippen LogP contribution in [0.5, 0.6) is 0 Å². The molecule has 0 unspecified atom stereocenters. The van der Waals surface area contributed by atoms with Crippen LogP contribution in [-0.4, -0.2) is 25.2 Å². The fourth-order valence-corrected chi connectivity index (χ4v) is 0.499. The molecule has 0 radical (unpaired) electrons. The van der Waals surface area contributed by atoms with Crippen LogP contribution in [0.4, 0.5) is 0 Å². The molecule has 0 aliphatic heterocycles. The van der Waals surface area contributed by atoms with Gasteiger partial charge in [-0.2, -0.15) is 0 Å². The SMILES string of the molecule is CCOC(=O)CNC(C)C.Cl. The summed E-state index contributed by atoms with van der Waals surface area (Å²) in [6.07, 6.45) is 0. The van der Waals surface area contributed by atoms with E-state index in [1.807, 2.05) is 13.8 Å². The molecule has 0 aromatic heterocycles. The minimum absolute atomic E-state index is 0. The van der Waals surface area contributed by atoms with Gasteiger partial charge in [0.1, 0.15) is 0 Å². The summed E-state index contributed by atoms with van der Waals surface area (Å²) in [5.41, 5.74) is 0. The second-order valence-electron chi connectivity index (χ2n) is 2.34. The number of hydrogen-bond donors (Lipinski definition) is 1. The molecule has 0 rings (SSSR count). The summed E-state index contributed by atoms with van der Waals surface area (Å²) in [5.74, 6) is -0.184. The molecule has 11 heavy (non-hydrogen) atoms. The monoisotopic (exact) mass is 181 g/mol. The Labute approximate surface area is 73.9 Å². The molecule has 0 aliphatic carbocycles. The van der Waals surface area contributed by atoms with Crippen LogP contribution in [0.25, 0.3) is 0 Å². The summed E-state index contributed by atoms with van der Waals surface area (Å²) in [4.78, 5) is 10.7. The molecule has 3 nitrogen and oxygen atoms in total. The van der Waals surface area contributed by atoms with Crippen LogP contribution in [0.2, 0.25) is 0 Å². The minimum atomic E-state index is -0.184. The Morgan fingerprint density at radius 3 is 2.45 bits per heavy atom. The van der Waals surface area contributed by atoms with Crippen molar-refractivity contribution in [2.45, 2.75) is 26.8 Å². The van der Waals surface area contributed by atoms with E-state index in [4.69, 9.17) is 4.74 Å². The van der Waals surface area contributed by atoms with E-state index < -0.39 is 0 Å². The van der Waals surface area contributed by atoms with Crippen molar-refractivity contribution in [2.24, 2.45) is 0 Å². The standard InChI is InChI=1S/C7H15NO2.ClH/c1-4-10-7(9)5-8-6(2)3;/h6,8H,4-5H2,1-3H3;1H. The molecule has 0 saturated carbocycles. The first kappa shape index (κ1) is 13.3. The molecule has 0 aromatic rings. The number of nitrogens with one attached hydrogen (secondary N) is 1. The number of halogens is 1. The average Bonchev–Trinajstić information content (AvgIpc) is 1.85. The van der Waals surface area contributed by atoms with Crippen LogP contribution in [0, 0.1) is 0 Å². The van der Waals surface area contributed by atoms with Gasteiger partial charge in [0.2, 0.25) is 0 Å². The van der Waals surface area contributed by atoms with Gasteiger partial charge < -0.3 is 10.1 Å². The first-order valence-corrected chi connectivity index (χ1v) is 3.55. The summed E-state index contributed by atoms with van der Waals surface area (Å²) in [6.45, 7) is 6.54. The van der Waals surface area contributed by atoms with Gasteiger partial charge in [0.05, 0.1) is 13.2 Å². The van der Waals surface area contributed by atoms with Gasteiger partial charge in [0.25, 0.3) is 0 Å². The quantitative estimate of drug-likeness (QED) is 0.657. The Morgan fingerprint density at radius 2 is 2.09 bits per heavy atom. The molecule has 0 bridgehead atoms. The zero-order chi connectivity index (χ0) is 7.98. The molecule has 4 heteroatoms. The number of ether oxygens (including phenoxy) is 1. The molecule has 0 atom stereocenters. The summed E-state index contributed by atoms with van der Waals surface area (Å²) < 4.78 is 4.69. The molecule has 0 heterocycles. The Hall–Kier alpha value is -0.280. The summed E-state index contributed by atoms with van der Waals surface area (Å²) in [6, 6.07) is 0.337. The number of carbonyl (C=O) groups is 1. The smallest absolute Gasteiger partial charge is 0.319 e. The fraction of sp³-hybridized carbons (Fsp3) is 0.857. The van der Waals surface area contributed by atoms with Crippen molar-refractivity contribution < 1.29 is 9.53 Å². The minimum Gasteiger partial charge on any atom is -0.465 e. The highest BCUT2D eigenvalue weighted by Crippen LogP contribution is 1.78. The maximum absolute atomic E-state index is 10.7. The van der Waals surface area contributed by atoms with Crippen LogP contribution >= 0.6 is 12.4 Å². The highest BCUT2D eigenvalue weighted by Gasteiger charge is 2.00. The van der Waals surface area contributed by atoms with E-state index in [-0.39, 0.29) is 18.4 Å². The number of hydrogen-bond acceptors (Lipinski definition) is 3. The summed E-state index contributed by atoms with van der Waals surface area (Å²) in [7, 11) is 0. The maximum atomic E-state index is 10.7. The Kier molecular flexibility index (Phi) is 9.47. The third-order valence-corrected chi connectivity index (χ3v) is 0.960. The van der Waals surface area contributed by atoms with E-state index in [1.54, 1.807) is 6.92 Å². The van der Waals surface area contributed by atoms with E-state index in [2.05, 4.69) is 5.32 Å². The second-order valence-corrected chi connectivity index (χ2v) is 2.34. The first-order valence-electron chi connectivity index (χ1n) is 3.55. The van der Waals surface area contributed by atoms with E-state index in [0.717, 1.165) is 0 Å². The Morgan fingerprint density at radius 1 is 1.55 bits per heavy atom. The molecule has 0 fully saturated rings. The van der Waals surface area contributed by atoms with Crippen LogP contribution in [-0.2, 0) is 9.53 Å². The van der Waals surface area contributed by atoms with Gasteiger partial charge in [-0.25, -0.2) is 0 Å². The van der Waals surface area contributed by atoms with Crippen molar-refractivity contribution in [3.63, 3.8) is 0 Å². The molecule has 1 N–H and O–H groups in total. The van der Waals surface area contributed by atoms with Gasteiger partial charge in [-0.1, -0.05) is 13.8 Å². The summed E-state index contributed by atoms with van der Waals surface area (Å²) >= 11 is 0. The van der Waals surface area contributed by atoms with E-state index in [1.165, 1.54) is 0 Å². The van der Waals surface area contributed by atoms with Crippen LogP contribution in [0.15, 0.2) is 0 Å². The number of carbonyl (C=O) groups excluding carboxylic acids is 1. The van der Waals surface area contributed by atoms with Crippen molar-refractivity contribution >= 4 is 18.4 Å². The predicted octanol–water partition coefficient (Wildman–Crippen LogP) is 0.969. The van der Waals surface area contributed by atoms with Crippen molar-refractivity contribution in [1.82, 2.24) is 5.32 Å². The molecule has 0 aliphatic rings. The van der Waals surface area contributed by atoms with Crippen LogP contribution in [0.1, 0.15) is 20.8 Å². The van der Waals surface area contributed by atoms with Crippen molar-refractivity contribution in [3.8, 4) is 0 Å². The molecule has 0 aromatic carbocycles. The molecule has 0 amide bonds. The van der Waals surface area contributed by atoms with E-state index in [9.17, 15) is 4.79 Å². The van der Waals surface area contributed by atoms with Gasteiger partial charge in [-0.15, -0.1) is 12.4 Å². The van der Waals surface area contributed by atoms with Crippen LogP contribution < -0.4 is 5.32 Å². The molecule has 0 saturated heterocycles. The molecular formula is C7H16ClNO2. The van der Waals surface area contributed by atoms with E-state index >= 15 is 0 Å². The molecule has 0 spiro atoms. The first-order chi connectivity index (χ1) is 4.66. The third kappa shape index (κ3) is 9.72. The predicted molar refractivity (Wildman–Crippen MR) is 47.0 cm³/mol. The largest absolute Gasteiger partial charge is 0.465 e. The van der Waals surface area contributed by atoms with Gasteiger partial charge in [0.15, 0.2) is 0 Å². The second kappa shape index (κ2) is 7.82. The summed E-state index contributed by atoms with van der Waals surface area (Å²) in [5, 5.41) is 2.96. The number of rotatable bonds is 4. The van der Waals surface area contributed by atoms with Gasteiger partial charge in [0, 0.05) is 6.04 Å². The third-order valence-electron chi connectivity index (χ3n) is 0.960. The van der Waals surface area contributed by atoms with Crippen LogP contribution in [0.3, 0.4) is 0 Å². The lowest BCUT2D eigenvalue weighted by atomic mass is 10.4. The van der Waals surface area contributed by atoms with E-state index in [0.29, 0.717) is 19.2 Å². The lowest BCUT2D eigenvalue weighted by molar-refractivity contribution is -0.142. The van der Waals surface area contributed by atoms with Gasteiger partial charge in [-0.3, -0.25) is 4.79 Å². The average molecular weight is 182 g/mol. The van der Waals surface area contributed by atoms with Crippen molar-refractivity contribution in [2.75, 3.05) is 13.2 Å². The van der Waals surface area contributed by atoms with Crippen molar-refractivity contribution in [1.29, 1.82) is 0 Å². The zero-order valence-corrected chi connectivity index (χ0v) is 8.03. The lowest BCUT2D eigenvalue weighted by Gasteiger charge is -2.06. The normalized spacial score (nSPS) is 9.09. The lowest BCUT2D eigenvalue weighted by Crippen LogP contribution is -2.30. The zero-order valence-electron chi connectivity index (χ0n) is 7.22. The highest BCUT2D eigenvalue weighted by molar-refractivity contribution is 5.85. The Bertz CT molecular complexity index is 107. The fourth-order valence-electron chi connectivity index (χ4n) is 0.499.